The predicted octanol–water partition coefficient (Wildman–Crippen LogP) is 5.22. The molecular weight excluding hydrogens is 544 g/mol. The topological polar surface area (TPSA) is 86.3 Å². The third-order valence-electron chi connectivity index (χ3n) is 7.21. The Morgan fingerprint density at radius 3 is 1.81 bits per heavy atom. The molecular formula is C35H38N2O6. The third-order valence-corrected chi connectivity index (χ3v) is 7.21. The van der Waals surface area contributed by atoms with Crippen LogP contribution in [0.4, 0.5) is 0 Å². The van der Waals surface area contributed by atoms with Gasteiger partial charge in [-0.2, -0.15) is 0 Å². The molecule has 0 aliphatic heterocycles. The molecule has 0 saturated heterocycles. The van der Waals surface area contributed by atoms with Crippen LogP contribution < -0.4 is 24.3 Å². The first-order valence-corrected chi connectivity index (χ1v) is 14.0. The molecule has 0 aliphatic carbocycles. The summed E-state index contributed by atoms with van der Waals surface area (Å²) in [6, 6.07) is 29.4. The number of nitrogens with one attached hydrogen (secondary N) is 1. The van der Waals surface area contributed by atoms with E-state index in [4.69, 9.17) is 18.9 Å². The number of hydrogen-bond acceptors (Lipinski definition) is 6. The molecule has 8 heteroatoms. The SMILES string of the molecule is COc1ccc(CNC(=O)[C@H](Cc2ccccc2)N(Cc2ccc(OC)cc2)C(=O)Cc2ccc(OC)c(OC)c2)cc1. The van der Waals surface area contributed by atoms with Crippen molar-refractivity contribution in [3.05, 3.63) is 119 Å². The highest BCUT2D eigenvalue weighted by atomic mass is 16.5. The number of rotatable bonds is 14. The summed E-state index contributed by atoms with van der Waals surface area (Å²) < 4.78 is 21.4. The van der Waals surface area contributed by atoms with Crippen LogP contribution in [0.3, 0.4) is 0 Å². The highest BCUT2D eigenvalue weighted by molar-refractivity contribution is 5.89. The lowest BCUT2D eigenvalue weighted by Gasteiger charge is -2.32. The molecule has 43 heavy (non-hydrogen) atoms. The number of carbonyl (C=O) groups is 2. The van der Waals surface area contributed by atoms with Crippen LogP contribution in [0.25, 0.3) is 0 Å². The van der Waals surface area contributed by atoms with Crippen LogP contribution >= 0.6 is 0 Å². The molecule has 4 aromatic carbocycles. The van der Waals surface area contributed by atoms with E-state index in [1.165, 1.54) is 0 Å². The first-order chi connectivity index (χ1) is 20.9. The fourth-order valence-electron chi connectivity index (χ4n) is 4.80. The van der Waals surface area contributed by atoms with E-state index in [1.54, 1.807) is 45.5 Å². The Labute approximate surface area is 253 Å². The zero-order chi connectivity index (χ0) is 30.6. The molecule has 0 radical (unpaired) electrons. The zero-order valence-corrected chi connectivity index (χ0v) is 25.0. The van der Waals surface area contributed by atoms with Crippen molar-refractivity contribution in [1.29, 1.82) is 0 Å². The van der Waals surface area contributed by atoms with Crippen molar-refractivity contribution < 1.29 is 28.5 Å². The van der Waals surface area contributed by atoms with E-state index in [9.17, 15) is 9.59 Å². The predicted molar refractivity (Wildman–Crippen MR) is 166 cm³/mol. The molecule has 224 valence electrons. The maximum absolute atomic E-state index is 14.1. The fourth-order valence-corrected chi connectivity index (χ4v) is 4.80. The summed E-state index contributed by atoms with van der Waals surface area (Å²) in [6.07, 6.45) is 0.427. The molecule has 1 atom stereocenters. The van der Waals surface area contributed by atoms with E-state index < -0.39 is 6.04 Å². The normalized spacial score (nSPS) is 11.3. The Kier molecular flexibility index (Phi) is 11.0. The Bertz CT molecular complexity index is 1470. The van der Waals surface area contributed by atoms with Crippen molar-refractivity contribution in [2.75, 3.05) is 28.4 Å². The lowest BCUT2D eigenvalue weighted by Crippen LogP contribution is -2.50. The van der Waals surface area contributed by atoms with Crippen LogP contribution in [-0.2, 0) is 35.5 Å². The molecule has 0 spiro atoms. The van der Waals surface area contributed by atoms with Crippen LogP contribution in [-0.4, -0.2) is 51.2 Å². The highest BCUT2D eigenvalue weighted by Gasteiger charge is 2.30. The van der Waals surface area contributed by atoms with E-state index in [0.717, 1.165) is 28.0 Å². The molecule has 0 aromatic heterocycles. The second-order valence-electron chi connectivity index (χ2n) is 10.0. The average molecular weight is 583 g/mol. The van der Waals surface area contributed by atoms with Crippen molar-refractivity contribution >= 4 is 11.8 Å². The molecule has 4 rings (SSSR count). The summed E-state index contributed by atoms with van der Waals surface area (Å²) in [7, 11) is 6.35. The first-order valence-electron chi connectivity index (χ1n) is 14.0. The Morgan fingerprint density at radius 1 is 0.651 bits per heavy atom. The second kappa shape index (κ2) is 15.3. The largest absolute Gasteiger partial charge is 0.497 e. The van der Waals surface area contributed by atoms with E-state index in [0.29, 0.717) is 30.2 Å². The van der Waals surface area contributed by atoms with Gasteiger partial charge in [0, 0.05) is 19.5 Å². The van der Waals surface area contributed by atoms with Crippen LogP contribution in [0, 0.1) is 0 Å². The van der Waals surface area contributed by atoms with E-state index in [2.05, 4.69) is 5.32 Å². The van der Waals surface area contributed by atoms with Gasteiger partial charge in [0.1, 0.15) is 17.5 Å². The van der Waals surface area contributed by atoms with Crippen molar-refractivity contribution in [3.63, 3.8) is 0 Å². The summed E-state index contributed by atoms with van der Waals surface area (Å²) >= 11 is 0. The minimum Gasteiger partial charge on any atom is -0.497 e. The van der Waals surface area contributed by atoms with Crippen molar-refractivity contribution in [2.45, 2.75) is 32.0 Å². The van der Waals surface area contributed by atoms with Gasteiger partial charge in [-0.15, -0.1) is 0 Å². The maximum atomic E-state index is 14.1. The van der Waals surface area contributed by atoms with Crippen LogP contribution in [0.2, 0.25) is 0 Å². The van der Waals surface area contributed by atoms with Crippen molar-refractivity contribution in [1.82, 2.24) is 10.2 Å². The third kappa shape index (κ3) is 8.52. The van der Waals surface area contributed by atoms with Gasteiger partial charge in [0.2, 0.25) is 11.8 Å². The van der Waals surface area contributed by atoms with Crippen LogP contribution in [0.15, 0.2) is 97.1 Å². The number of amides is 2. The number of ether oxygens (including phenoxy) is 4. The molecule has 0 heterocycles. The zero-order valence-electron chi connectivity index (χ0n) is 25.0. The Morgan fingerprint density at radius 2 is 1.23 bits per heavy atom. The number of carbonyl (C=O) groups excluding carboxylic acids is 2. The van der Waals surface area contributed by atoms with Gasteiger partial charge in [-0.25, -0.2) is 0 Å². The van der Waals surface area contributed by atoms with Crippen molar-refractivity contribution in [2.24, 2.45) is 0 Å². The first kappa shape index (κ1) is 31.0. The summed E-state index contributed by atoms with van der Waals surface area (Å²) in [5.74, 6) is 2.13. The van der Waals surface area contributed by atoms with E-state index in [-0.39, 0.29) is 24.8 Å². The standard InChI is InChI=1S/C35H38N2O6/c1-40-29-15-10-26(11-16-29)23-36-35(39)31(20-25-8-6-5-7-9-25)37(24-27-12-17-30(41-2)18-13-27)34(38)22-28-14-19-32(42-3)33(21-28)43-4/h5-19,21,31H,20,22-24H2,1-4H3,(H,36,39)/t31-/m0/s1. The quantitative estimate of drug-likeness (QED) is 0.220. The maximum Gasteiger partial charge on any atom is 0.243 e. The van der Waals surface area contributed by atoms with Gasteiger partial charge in [0.05, 0.1) is 34.9 Å². The second-order valence-corrected chi connectivity index (χ2v) is 10.0. The number of benzene rings is 4. The molecule has 4 aromatic rings. The molecule has 0 unspecified atom stereocenters. The summed E-state index contributed by atoms with van der Waals surface area (Å²) in [6.45, 7) is 0.554. The van der Waals surface area contributed by atoms with Gasteiger partial charge in [-0.3, -0.25) is 9.59 Å². The fraction of sp³-hybridized carbons (Fsp3) is 0.257. The van der Waals surface area contributed by atoms with Crippen LogP contribution in [0.5, 0.6) is 23.0 Å². The minimum atomic E-state index is -0.768. The van der Waals surface area contributed by atoms with Gasteiger partial charge in [0.15, 0.2) is 11.5 Å². The Hall–Kier alpha value is -4.98. The van der Waals surface area contributed by atoms with E-state index >= 15 is 0 Å². The van der Waals surface area contributed by atoms with Gasteiger partial charge in [-0.1, -0.05) is 60.7 Å². The molecule has 0 bridgehead atoms. The van der Waals surface area contributed by atoms with Gasteiger partial charge >= 0.3 is 0 Å². The molecule has 0 fully saturated rings. The molecule has 1 N–H and O–H groups in total. The van der Waals surface area contributed by atoms with Crippen LogP contribution in [0.1, 0.15) is 22.3 Å². The smallest absolute Gasteiger partial charge is 0.243 e. The van der Waals surface area contributed by atoms with Crippen molar-refractivity contribution in [3.8, 4) is 23.0 Å². The summed E-state index contributed by atoms with van der Waals surface area (Å²) in [4.78, 5) is 29.7. The Balaban J connectivity index is 1.66. The van der Waals surface area contributed by atoms with Gasteiger partial charge in [-0.05, 0) is 58.7 Å². The molecule has 0 aliphatic rings. The summed E-state index contributed by atoms with van der Waals surface area (Å²) in [5, 5.41) is 3.06. The molecule has 0 saturated carbocycles. The monoisotopic (exact) mass is 582 g/mol. The number of nitrogens with zero attached hydrogens (tertiary/aromatic N) is 1. The lowest BCUT2D eigenvalue weighted by atomic mass is 10.0. The highest BCUT2D eigenvalue weighted by Crippen LogP contribution is 2.28. The van der Waals surface area contributed by atoms with Gasteiger partial charge < -0.3 is 29.2 Å². The minimum absolute atomic E-state index is 0.0769. The van der Waals surface area contributed by atoms with E-state index in [1.807, 2.05) is 84.9 Å². The summed E-state index contributed by atoms with van der Waals surface area (Å²) in [5.41, 5.74) is 3.50. The average Bonchev–Trinajstić information content (AvgIpc) is 3.06. The van der Waals surface area contributed by atoms with Gasteiger partial charge in [0.25, 0.3) is 0 Å². The number of methoxy groups -OCH3 is 4. The molecule has 8 nitrogen and oxygen atoms in total. The molecule has 2 amide bonds. The lowest BCUT2D eigenvalue weighted by molar-refractivity contribution is -0.140. The number of hydrogen-bond donors (Lipinski definition) is 1.